The zero-order valence-corrected chi connectivity index (χ0v) is 16.1. The van der Waals surface area contributed by atoms with Gasteiger partial charge < -0.3 is 10.2 Å². The van der Waals surface area contributed by atoms with Crippen LogP contribution in [-0.2, 0) is 16.1 Å². The quantitative estimate of drug-likeness (QED) is 0.523. The van der Waals surface area contributed by atoms with Gasteiger partial charge >= 0.3 is 0 Å². The van der Waals surface area contributed by atoms with E-state index in [-0.39, 0.29) is 18.6 Å². The standard InChI is InChI=1S/C25H22N2O2/c28-24(26-23-15-7-9-17-8-1-2-10-18(17)23)16-29-27-25-21-13-5-3-11-19(21)20-12-4-6-14-22(20)25/h1-6,8,10-14,23H,7,9,15-16H2,(H,26,28)/t23-/m1/s1. The minimum atomic E-state index is -0.143. The molecule has 0 saturated carbocycles. The molecule has 0 heterocycles. The SMILES string of the molecule is O=C(CON=C1c2ccccc2-c2ccccc21)N[C@@H]1CCCc2ccccc21. The normalized spacial score (nSPS) is 16.4. The van der Waals surface area contributed by atoms with Crippen molar-refractivity contribution in [3.63, 3.8) is 0 Å². The summed E-state index contributed by atoms with van der Waals surface area (Å²) >= 11 is 0. The van der Waals surface area contributed by atoms with Crippen molar-refractivity contribution < 1.29 is 9.63 Å². The van der Waals surface area contributed by atoms with Gasteiger partial charge in [-0.3, -0.25) is 4.79 Å². The molecular weight excluding hydrogens is 360 g/mol. The summed E-state index contributed by atoms with van der Waals surface area (Å²) in [5.74, 6) is -0.143. The van der Waals surface area contributed by atoms with Gasteiger partial charge in [0.2, 0.25) is 0 Å². The van der Waals surface area contributed by atoms with Crippen LogP contribution < -0.4 is 5.32 Å². The number of fused-ring (bicyclic) bond motifs is 4. The molecule has 4 nitrogen and oxygen atoms in total. The van der Waals surface area contributed by atoms with Gasteiger partial charge in [-0.2, -0.15) is 0 Å². The smallest absolute Gasteiger partial charge is 0.261 e. The Morgan fingerprint density at radius 3 is 2.24 bits per heavy atom. The van der Waals surface area contributed by atoms with E-state index in [1.165, 1.54) is 11.1 Å². The van der Waals surface area contributed by atoms with Crippen molar-refractivity contribution in [2.45, 2.75) is 25.3 Å². The maximum Gasteiger partial charge on any atom is 0.261 e. The predicted molar refractivity (Wildman–Crippen MR) is 114 cm³/mol. The highest BCUT2D eigenvalue weighted by Crippen LogP contribution is 2.36. The van der Waals surface area contributed by atoms with Gasteiger partial charge in [0.1, 0.15) is 5.71 Å². The first-order valence-corrected chi connectivity index (χ1v) is 10.1. The molecule has 1 N–H and O–H groups in total. The van der Waals surface area contributed by atoms with Crippen molar-refractivity contribution in [2.24, 2.45) is 5.16 Å². The van der Waals surface area contributed by atoms with Crippen molar-refractivity contribution >= 4 is 11.6 Å². The van der Waals surface area contributed by atoms with Crippen molar-refractivity contribution in [2.75, 3.05) is 6.61 Å². The number of nitrogens with zero attached hydrogens (tertiary/aromatic N) is 1. The summed E-state index contributed by atoms with van der Waals surface area (Å²) in [7, 11) is 0. The van der Waals surface area contributed by atoms with Crippen molar-refractivity contribution in [1.82, 2.24) is 5.32 Å². The third-order valence-corrected chi connectivity index (χ3v) is 5.71. The molecule has 0 aliphatic heterocycles. The summed E-state index contributed by atoms with van der Waals surface area (Å²) in [5.41, 5.74) is 7.70. The zero-order chi connectivity index (χ0) is 19.6. The maximum atomic E-state index is 12.5. The molecule has 1 amide bonds. The molecule has 1 atom stereocenters. The highest BCUT2D eigenvalue weighted by atomic mass is 16.6. The molecule has 2 aliphatic carbocycles. The third kappa shape index (κ3) is 3.31. The second kappa shape index (κ2) is 7.55. The van der Waals surface area contributed by atoms with E-state index in [4.69, 9.17) is 4.84 Å². The Kier molecular flexibility index (Phi) is 4.60. The molecule has 0 fully saturated rings. The van der Waals surface area contributed by atoms with E-state index in [9.17, 15) is 4.79 Å². The average Bonchev–Trinajstić information content (AvgIpc) is 3.08. The lowest BCUT2D eigenvalue weighted by Gasteiger charge is -2.26. The molecule has 0 bridgehead atoms. The molecule has 0 aromatic heterocycles. The molecule has 3 aromatic carbocycles. The van der Waals surface area contributed by atoms with Crippen LogP contribution in [0.5, 0.6) is 0 Å². The Balaban J connectivity index is 1.29. The van der Waals surface area contributed by atoms with E-state index in [2.05, 4.69) is 40.8 Å². The van der Waals surface area contributed by atoms with Gasteiger partial charge in [0, 0.05) is 11.1 Å². The molecule has 29 heavy (non-hydrogen) atoms. The zero-order valence-electron chi connectivity index (χ0n) is 16.1. The number of rotatable bonds is 4. The fourth-order valence-electron chi connectivity index (χ4n) is 4.39. The van der Waals surface area contributed by atoms with Crippen molar-refractivity contribution in [3.05, 3.63) is 95.1 Å². The summed E-state index contributed by atoms with van der Waals surface area (Å²) < 4.78 is 0. The third-order valence-electron chi connectivity index (χ3n) is 5.71. The largest absolute Gasteiger partial charge is 0.385 e. The Morgan fingerprint density at radius 2 is 1.52 bits per heavy atom. The second-order valence-corrected chi connectivity index (χ2v) is 7.52. The van der Waals surface area contributed by atoms with E-state index in [0.29, 0.717) is 0 Å². The van der Waals surface area contributed by atoms with Gasteiger partial charge in [0.25, 0.3) is 5.91 Å². The van der Waals surface area contributed by atoms with Gasteiger partial charge in [-0.25, -0.2) is 0 Å². The number of hydrogen-bond donors (Lipinski definition) is 1. The lowest BCUT2D eigenvalue weighted by atomic mass is 9.88. The molecule has 0 unspecified atom stereocenters. The minimum absolute atomic E-state index is 0.0524. The molecule has 0 spiro atoms. The number of carbonyl (C=O) groups is 1. The van der Waals surface area contributed by atoms with E-state index in [1.807, 2.05) is 42.5 Å². The van der Waals surface area contributed by atoms with Crippen LogP contribution in [0.2, 0.25) is 0 Å². The van der Waals surface area contributed by atoms with Crippen molar-refractivity contribution in [3.8, 4) is 11.1 Å². The number of oxime groups is 1. The molecule has 2 aliphatic rings. The fraction of sp³-hybridized carbons (Fsp3) is 0.200. The van der Waals surface area contributed by atoms with E-state index < -0.39 is 0 Å². The van der Waals surface area contributed by atoms with E-state index >= 15 is 0 Å². The van der Waals surface area contributed by atoms with Crippen LogP contribution in [-0.4, -0.2) is 18.2 Å². The second-order valence-electron chi connectivity index (χ2n) is 7.52. The first-order chi connectivity index (χ1) is 14.3. The Labute approximate surface area is 170 Å². The summed E-state index contributed by atoms with van der Waals surface area (Å²) in [6, 6.07) is 24.7. The van der Waals surface area contributed by atoms with Crippen LogP contribution >= 0.6 is 0 Å². The molecule has 5 rings (SSSR count). The first kappa shape index (κ1) is 17.7. The van der Waals surface area contributed by atoms with Crippen molar-refractivity contribution in [1.29, 1.82) is 0 Å². The van der Waals surface area contributed by atoms with E-state index in [1.54, 1.807) is 0 Å². The highest BCUT2D eigenvalue weighted by molar-refractivity contribution is 6.24. The predicted octanol–water partition coefficient (Wildman–Crippen LogP) is 4.63. The number of amides is 1. The molecule has 0 radical (unpaired) electrons. The minimum Gasteiger partial charge on any atom is -0.385 e. The van der Waals surface area contributed by atoms with E-state index in [0.717, 1.165) is 47.2 Å². The topological polar surface area (TPSA) is 50.7 Å². The van der Waals surface area contributed by atoms with Crippen LogP contribution in [0.4, 0.5) is 0 Å². The molecule has 0 saturated heterocycles. The monoisotopic (exact) mass is 382 g/mol. The number of hydrogen-bond acceptors (Lipinski definition) is 3. The van der Waals surface area contributed by atoms with Gasteiger partial charge in [0.05, 0.1) is 6.04 Å². The van der Waals surface area contributed by atoms with Gasteiger partial charge in [-0.15, -0.1) is 0 Å². The van der Waals surface area contributed by atoms with Crippen LogP contribution in [0.25, 0.3) is 11.1 Å². The summed E-state index contributed by atoms with van der Waals surface area (Å²) in [4.78, 5) is 18.0. The maximum absolute atomic E-state index is 12.5. The van der Waals surface area contributed by atoms with Crippen LogP contribution in [0.3, 0.4) is 0 Å². The Bertz CT molecular complexity index is 1060. The molecule has 3 aromatic rings. The van der Waals surface area contributed by atoms with Crippen LogP contribution in [0.15, 0.2) is 78.0 Å². The van der Waals surface area contributed by atoms with Gasteiger partial charge in [-0.05, 0) is 41.5 Å². The van der Waals surface area contributed by atoms with Gasteiger partial charge in [0.15, 0.2) is 6.61 Å². The Hall–Kier alpha value is -3.40. The molecular formula is C25H22N2O2. The van der Waals surface area contributed by atoms with Crippen LogP contribution in [0, 0.1) is 0 Å². The first-order valence-electron chi connectivity index (χ1n) is 10.1. The number of carbonyl (C=O) groups excluding carboxylic acids is 1. The summed E-state index contributed by atoms with van der Waals surface area (Å²) in [6.45, 7) is -0.0908. The Morgan fingerprint density at radius 1 is 0.897 bits per heavy atom. The van der Waals surface area contributed by atoms with Gasteiger partial charge in [-0.1, -0.05) is 78.0 Å². The number of benzene rings is 3. The molecule has 4 heteroatoms. The molecule has 144 valence electrons. The number of nitrogens with one attached hydrogen (secondary N) is 1. The fourth-order valence-corrected chi connectivity index (χ4v) is 4.39. The lowest BCUT2D eigenvalue weighted by Crippen LogP contribution is -2.33. The highest BCUT2D eigenvalue weighted by Gasteiger charge is 2.25. The summed E-state index contributed by atoms with van der Waals surface area (Å²) in [5, 5.41) is 7.44. The number of aryl methyl sites for hydroxylation is 1. The average molecular weight is 382 g/mol. The lowest BCUT2D eigenvalue weighted by molar-refractivity contribution is -0.126. The summed E-state index contributed by atoms with van der Waals surface area (Å²) in [6.07, 6.45) is 3.11. The van der Waals surface area contributed by atoms with Crippen LogP contribution in [0.1, 0.15) is 41.1 Å².